The maximum absolute atomic E-state index is 11.8. The van der Waals surface area contributed by atoms with Crippen LogP contribution in [0.2, 0.25) is 0 Å². The quantitative estimate of drug-likeness (QED) is 0.641. The monoisotopic (exact) mass is 293 g/mol. The maximum Gasteiger partial charge on any atom is 0.341 e. The minimum Gasteiger partial charge on any atom is -0.505 e. The Morgan fingerprint density at radius 1 is 1.33 bits per heavy atom. The number of nitrogens with one attached hydrogen (secondary N) is 1. The van der Waals surface area contributed by atoms with Gasteiger partial charge < -0.3 is 19.9 Å². The van der Waals surface area contributed by atoms with Crippen molar-refractivity contribution in [3.05, 3.63) is 23.8 Å². The standard InChI is InChI=1S/C15H19NO5/c1-20-15(19)11-7-4-8-12(14(11)18)16-13(17)9-21-10-5-2-3-6-10/h4,7-8,10,18H,2-3,5-6,9H2,1H3,(H,16,17). The second-order valence-corrected chi connectivity index (χ2v) is 4.96. The van der Waals surface area contributed by atoms with Gasteiger partial charge in [-0.15, -0.1) is 0 Å². The Morgan fingerprint density at radius 2 is 2.05 bits per heavy atom. The number of benzene rings is 1. The van der Waals surface area contributed by atoms with Gasteiger partial charge in [-0.3, -0.25) is 4.79 Å². The third kappa shape index (κ3) is 3.95. The summed E-state index contributed by atoms with van der Waals surface area (Å²) in [5.74, 6) is -1.33. The molecule has 0 unspecified atom stereocenters. The average molecular weight is 293 g/mol. The summed E-state index contributed by atoms with van der Waals surface area (Å²) in [6.07, 6.45) is 4.38. The minimum absolute atomic E-state index is 0.00649. The molecule has 0 aliphatic heterocycles. The Morgan fingerprint density at radius 3 is 2.71 bits per heavy atom. The molecule has 6 nitrogen and oxygen atoms in total. The zero-order chi connectivity index (χ0) is 15.2. The smallest absolute Gasteiger partial charge is 0.341 e. The van der Waals surface area contributed by atoms with Crippen molar-refractivity contribution in [3.63, 3.8) is 0 Å². The van der Waals surface area contributed by atoms with E-state index in [4.69, 9.17) is 4.74 Å². The molecule has 1 amide bonds. The second kappa shape index (κ2) is 7.08. The molecule has 0 spiro atoms. The first-order chi connectivity index (χ1) is 10.1. The molecule has 1 aliphatic carbocycles. The molecule has 1 fully saturated rings. The van der Waals surface area contributed by atoms with E-state index in [1.54, 1.807) is 6.07 Å². The third-order valence-corrected chi connectivity index (χ3v) is 3.47. The summed E-state index contributed by atoms with van der Waals surface area (Å²) in [6, 6.07) is 4.49. The number of anilines is 1. The number of rotatable bonds is 5. The van der Waals surface area contributed by atoms with Crippen LogP contribution in [0, 0.1) is 0 Å². The predicted octanol–water partition coefficient (Wildman–Crippen LogP) is 2.08. The number of esters is 1. The van der Waals surface area contributed by atoms with Gasteiger partial charge in [0.25, 0.3) is 0 Å². The summed E-state index contributed by atoms with van der Waals surface area (Å²) in [6.45, 7) is -0.0629. The summed E-state index contributed by atoms with van der Waals surface area (Å²) in [7, 11) is 1.22. The van der Waals surface area contributed by atoms with Crippen LogP contribution in [0.5, 0.6) is 5.75 Å². The molecule has 0 aromatic heterocycles. The Bertz CT molecular complexity index is 523. The first kappa shape index (κ1) is 15.3. The fraction of sp³-hybridized carbons (Fsp3) is 0.467. The van der Waals surface area contributed by atoms with Gasteiger partial charge in [0, 0.05) is 0 Å². The van der Waals surface area contributed by atoms with Crippen molar-refractivity contribution >= 4 is 17.6 Å². The van der Waals surface area contributed by atoms with E-state index in [-0.39, 0.29) is 35.6 Å². The van der Waals surface area contributed by atoms with Crippen molar-refractivity contribution in [2.75, 3.05) is 19.0 Å². The number of para-hydroxylation sites is 1. The van der Waals surface area contributed by atoms with Crippen LogP contribution in [0.3, 0.4) is 0 Å². The van der Waals surface area contributed by atoms with Gasteiger partial charge in [0.05, 0.1) is 18.9 Å². The first-order valence-corrected chi connectivity index (χ1v) is 6.93. The number of ether oxygens (including phenoxy) is 2. The van der Waals surface area contributed by atoms with Gasteiger partial charge >= 0.3 is 5.97 Å². The number of hydrogen-bond donors (Lipinski definition) is 2. The van der Waals surface area contributed by atoms with Crippen molar-refractivity contribution in [1.29, 1.82) is 0 Å². The highest BCUT2D eigenvalue weighted by Gasteiger charge is 2.18. The zero-order valence-corrected chi connectivity index (χ0v) is 11.9. The second-order valence-electron chi connectivity index (χ2n) is 4.96. The largest absolute Gasteiger partial charge is 0.505 e. The van der Waals surface area contributed by atoms with Crippen LogP contribution in [0.25, 0.3) is 0 Å². The number of hydrogen-bond acceptors (Lipinski definition) is 5. The number of carbonyl (C=O) groups excluding carboxylic acids is 2. The maximum atomic E-state index is 11.8. The summed E-state index contributed by atoms with van der Waals surface area (Å²) < 4.78 is 10.0. The van der Waals surface area contributed by atoms with E-state index < -0.39 is 5.97 Å². The van der Waals surface area contributed by atoms with E-state index in [2.05, 4.69) is 10.1 Å². The molecule has 0 bridgehead atoms. The molecule has 1 aromatic rings. The molecule has 21 heavy (non-hydrogen) atoms. The van der Waals surface area contributed by atoms with Crippen molar-refractivity contribution in [2.45, 2.75) is 31.8 Å². The molecule has 1 aromatic carbocycles. The highest BCUT2D eigenvalue weighted by molar-refractivity contribution is 5.98. The molecule has 114 valence electrons. The Labute approximate surface area is 123 Å². The van der Waals surface area contributed by atoms with Gasteiger partial charge in [0.15, 0.2) is 5.75 Å². The number of amides is 1. The van der Waals surface area contributed by atoms with E-state index in [0.717, 1.165) is 25.7 Å². The highest BCUT2D eigenvalue weighted by Crippen LogP contribution is 2.28. The highest BCUT2D eigenvalue weighted by atomic mass is 16.5. The van der Waals surface area contributed by atoms with Crippen LogP contribution in [-0.2, 0) is 14.3 Å². The lowest BCUT2D eigenvalue weighted by atomic mass is 10.1. The number of methoxy groups -OCH3 is 1. The summed E-state index contributed by atoms with van der Waals surface area (Å²) in [5, 5.41) is 12.5. The summed E-state index contributed by atoms with van der Waals surface area (Å²) in [5.41, 5.74) is 0.171. The van der Waals surface area contributed by atoms with Gasteiger partial charge in [-0.25, -0.2) is 4.79 Å². The van der Waals surface area contributed by atoms with Gasteiger partial charge in [0.1, 0.15) is 12.2 Å². The lowest BCUT2D eigenvalue weighted by molar-refractivity contribution is -0.122. The molecule has 2 rings (SSSR count). The van der Waals surface area contributed by atoms with Crippen molar-refractivity contribution in [1.82, 2.24) is 0 Å². The molecule has 0 heterocycles. The van der Waals surface area contributed by atoms with E-state index in [0.29, 0.717) is 0 Å². The van der Waals surface area contributed by atoms with E-state index >= 15 is 0 Å². The average Bonchev–Trinajstić information content (AvgIpc) is 3.00. The summed E-state index contributed by atoms with van der Waals surface area (Å²) in [4.78, 5) is 23.3. The van der Waals surface area contributed by atoms with Gasteiger partial charge in [-0.05, 0) is 25.0 Å². The first-order valence-electron chi connectivity index (χ1n) is 6.93. The Kier molecular flexibility index (Phi) is 5.16. The van der Waals surface area contributed by atoms with Crippen molar-refractivity contribution in [2.24, 2.45) is 0 Å². The minimum atomic E-state index is -0.661. The fourth-order valence-corrected chi connectivity index (χ4v) is 2.35. The molecule has 2 N–H and O–H groups in total. The predicted molar refractivity (Wildman–Crippen MR) is 76.3 cm³/mol. The molecule has 0 atom stereocenters. The molecule has 0 saturated heterocycles. The molecule has 1 aliphatic rings. The lowest BCUT2D eigenvalue weighted by Crippen LogP contribution is -2.22. The molecule has 1 saturated carbocycles. The third-order valence-electron chi connectivity index (χ3n) is 3.47. The van der Waals surface area contributed by atoms with E-state index in [1.807, 2.05) is 0 Å². The number of carbonyl (C=O) groups is 2. The van der Waals surface area contributed by atoms with Crippen LogP contribution < -0.4 is 5.32 Å². The zero-order valence-electron chi connectivity index (χ0n) is 11.9. The summed E-state index contributed by atoms with van der Waals surface area (Å²) >= 11 is 0. The van der Waals surface area contributed by atoms with Gasteiger partial charge in [-0.1, -0.05) is 18.9 Å². The van der Waals surface area contributed by atoms with Crippen molar-refractivity contribution < 1.29 is 24.2 Å². The van der Waals surface area contributed by atoms with Crippen LogP contribution in [-0.4, -0.2) is 36.8 Å². The van der Waals surface area contributed by atoms with E-state index in [9.17, 15) is 14.7 Å². The lowest BCUT2D eigenvalue weighted by Gasteiger charge is -2.12. The van der Waals surface area contributed by atoms with Crippen LogP contribution >= 0.6 is 0 Å². The number of phenols is 1. The normalized spacial score (nSPS) is 14.9. The van der Waals surface area contributed by atoms with E-state index in [1.165, 1.54) is 19.2 Å². The van der Waals surface area contributed by atoms with Gasteiger partial charge in [0.2, 0.25) is 5.91 Å². The molecular weight excluding hydrogens is 274 g/mol. The topological polar surface area (TPSA) is 84.9 Å². The van der Waals surface area contributed by atoms with Crippen LogP contribution in [0.1, 0.15) is 36.0 Å². The Balaban J connectivity index is 1.95. The molecule has 0 radical (unpaired) electrons. The number of aromatic hydroxyl groups is 1. The van der Waals surface area contributed by atoms with Gasteiger partial charge in [-0.2, -0.15) is 0 Å². The van der Waals surface area contributed by atoms with Crippen LogP contribution in [0.15, 0.2) is 18.2 Å². The van der Waals surface area contributed by atoms with Crippen LogP contribution in [0.4, 0.5) is 5.69 Å². The number of phenolic OH excluding ortho intramolecular Hbond substituents is 1. The fourth-order valence-electron chi connectivity index (χ4n) is 2.35. The molecular formula is C15H19NO5. The molecule has 6 heteroatoms. The SMILES string of the molecule is COC(=O)c1cccc(NC(=O)COC2CCCC2)c1O. The van der Waals surface area contributed by atoms with Crippen molar-refractivity contribution in [3.8, 4) is 5.75 Å². The Hall–Kier alpha value is -2.08.